The lowest BCUT2D eigenvalue weighted by atomic mass is 10.0. The zero-order chi connectivity index (χ0) is 87.4. The van der Waals surface area contributed by atoms with Gasteiger partial charge in [0.1, 0.15) is 57.0 Å². The number of carbonyl (C=O) groups excluding carboxylic acids is 8. The molecule has 622 valence electrons. The lowest BCUT2D eigenvalue weighted by Crippen LogP contribution is -2.25. The number of rotatable bonds is 29. The number of hydrogen-bond donors (Lipinski definition) is 1. The molecule has 0 atom stereocenters. The Morgan fingerprint density at radius 2 is 0.620 bits per heavy atom. The molecule has 0 aliphatic heterocycles. The minimum absolute atomic E-state index is 0.0716. The van der Waals surface area contributed by atoms with E-state index < -0.39 is 23.3 Å². The minimum Gasteiger partial charge on any atom is -0.481 e. The van der Waals surface area contributed by atoms with Gasteiger partial charge in [0.15, 0.2) is 23.1 Å². The number of carbonyl (C=O) groups is 8. The zero-order valence-corrected chi connectivity index (χ0v) is 69.5. The number of methoxy groups -OCH3 is 1. The van der Waals surface area contributed by atoms with E-state index in [-0.39, 0.29) is 53.2 Å². The molecule has 121 heavy (non-hydrogen) atoms. The minimum atomic E-state index is -0.459. The number of halogens is 5. The number of Topliss-reactive ketones (excluding diaryl/α,β-unsaturated/α-hetero) is 4. The first-order valence-corrected chi connectivity index (χ1v) is 39.4. The van der Waals surface area contributed by atoms with Crippen molar-refractivity contribution in [2.75, 3.05) is 60.6 Å². The van der Waals surface area contributed by atoms with E-state index in [1.165, 1.54) is 68.7 Å². The molecule has 0 saturated carbocycles. The van der Waals surface area contributed by atoms with Gasteiger partial charge in [-0.05, 0) is 170 Å². The van der Waals surface area contributed by atoms with Gasteiger partial charge in [0.2, 0.25) is 29.5 Å². The average molecular weight is 1660 g/mol. The molecule has 0 bridgehead atoms. The summed E-state index contributed by atoms with van der Waals surface area (Å²) in [6.45, 7) is 8.94. The Balaban J connectivity index is 0.000000183. The molecule has 0 aliphatic rings. The van der Waals surface area contributed by atoms with Crippen molar-refractivity contribution in [3.63, 3.8) is 0 Å². The summed E-state index contributed by atoms with van der Waals surface area (Å²) >= 11 is 5.76. The summed E-state index contributed by atoms with van der Waals surface area (Å²) in [7, 11) is 8.01. The van der Waals surface area contributed by atoms with Crippen LogP contribution in [0.15, 0.2) is 219 Å². The second-order valence-electron chi connectivity index (χ2n) is 27.9. The fraction of sp³-hybridized carbons (Fsp3) is 0.234. The molecular formula is C94H92ClF4N13O9. The Kier molecular flexibility index (Phi) is 33.3. The summed E-state index contributed by atoms with van der Waals surface area (Å²) in [4.78, 5) is 136. The Hall–Kier alpha value is -13.8. The van der Waals surface area contributed by atoms with E-state index in [2.05, 4.69) is 39.9 Å². The highest BCUT2D eigenvalue weighted by Gasteiger charge is 2.21. The van der Waals surface area contributed by atoms with Crippen LogP contribution in [-0.2, 0) is 44.9 Å². The molecule has 22 nitrogen and oxygen atoms in total. The normalized spacial score (nSPS) is 10.6. The molecule has 0 unspecified atom stereocenters. The number of pyridine rings is 8. The fourth-order valence-corrected chi connectivity index (χ4v) is 12.3. The summed E-state index contributed by atoms with van der Waals surface area (Å²) in [5.41, 5.74) is 17.2. The largest absolute Gasteiger partial charge is 0.481 e. The van der Waals surface area contributed by atoms with E-state index in [1.54, 1.807) is 203 Å². The molecule has 4 amide bonds. The van der Waals surface area contributed by atoms with Crippen molar-refractivity contribution in [2.45, 2.75) is 112 Å². The highest BCUT2D eigenvalue weighted by atomic mass is 35.5. The van der Waals surface area contributed by atoms with E-state index in [0.717, 1.165) is 27.9 Å². The maximum absolute atomic E-state index is 14.6. The predicted octanol–water partition coefficient (Wildman–Crippen LogP) is 18.4. The standard InChI is InChI=1S/C24H24FN3O3.C24H24FN3O2.C23H21ClFN3O2.C23H23FN4O2/c1-4-24(30)28(2)18-8-9-19(20(25)13-18)17-7-10-21(26-15-17)22(29)11-5-16-6-12-23(31-3)27-14-16;1-4-24(30)28(3)19-9-10-20(21(25)13-19)18-8-11-22(27-15-18)23(29)12-7-17-6-5-16(2)26-14-17;1-3-23(30)28(2)17-7-8-18(19(25)12-17)16-6-9-20(26-14-16)21(29)10-4-15-5-11-22(24)27-13-15;1-3-23(30)28(2)17-7-8-18(19(24)12-17)16-6-9-20(26-14-16)21(29)10-4-15-5-11-22(25)27-13-15/h6-10,12-15H,4-5,11H2,1-3H3;5-6,8-11,13-15H,4,7,12H2,1-3H3;5-9,11-14H,3-4,10H2,1-2H3;5-9,11-14H,3-4,10H2,1-2H3,(H2,25,27). The fourth-order valence-electron chi connectivity index (χ4n) is 12.2. The van der Waals surface area contributed by atoms with Gasteiger partial charge >= 0.3 is 0 Å². The lowest BCUT2D eigenvalue weighted by Gasteiger charge is -2.17. The number of benzene rings is 4. The molecule has 12 aromatic rings. The Bertz CT molecular complexity index is 5190. The summed E-state index contributed by atoms with van der Waals surface area (Å²) < 4.78 is 63.5. The molecule has 8 heterocycles. The number of nitrogen functional groups attached to an aromatic ring is 1. The first-order valence-electron chi connectivity index (χ1n) is 39.0. The van der Waals surface area contributed by atoms with Gasteiger partial charge in [-0.2, -0.15) is 0 Å². The van der Waals surface area contributed by atoms with Crippen molar-refractivity contribution in [2.24, 2.45) is 0 Å². The van der Waals surface area contributed by atoms with Crippen LogP contribution >= 0.6 is 11.6 Å². The molecule has 2 N–H and O–H groups in total. The first-order chi connectivity index (χ1) is 58.1. The van der Waals surface area contributed by atoms with E-state index in [4.69, 9.17) is 22.1 Å². The maximum atomic E-state index is 14.6. The van der Waals surface area contributed by atoms with E-state index >= 15 is 0 Å². The molecule has 0 aliphatic carbocycles. The number of hydrogen-bond acceptors (Lipinski definition) is 18. The van der Waals surface area contributed by atoms with Crippen molar-refractivity contribution >= 4 is 86.9 Å². The van der Waals surface area contributed by atoms with Gasteiger partial charge in [0, 0.05) is 208 Å². The van der Waals surface area contributed by atoms with Crippen LogP contribution in [0.2, 0.25) is 5.15 Å². The third-order valence-corrected chi connectivity index (χ3v) is 19.9. The van der Waals surface area contributed by atoms with Crippen LogP contribution in [0.25, 0.3) is 44.5 Å². The average Bonchev–Trinajstić information content (AvgIpc) is 0.828. The Labute approximate surface area is 705 Å². The van der Waals surface area contributed by atoms with Crippen molar-refractivity contribution in [1.29, 1.82) is 0 Å². The van der Waals surface area contributed by atoms with Gasteiger partial charge in [-0.25, -0.2) is 32.5 Å². The van der Waals surface area contributed by atoms with E-state index in [9.17, 15) is 55.9 Å². The topological polar surface area (TPSA) is 288 Å². The summed E-state index contributed by atoms with van der Waals surface area (Å²) in [5.74, 6) is -1.62. The van der Waals surface area contributed by atoms with Crippen molar-refractivity contribution in [1.82, 2.24) is 39.9 Å². The van der Waals surface area contributed by atoms with Crippen LogP contribution in [0.1, 0.15) is 149 Å². The van der Waals surface area contributed by atoms with E-state index in [1.807, 2.05) is 37.3 Å². The van der Waals surface area contributed by atoms with Gasteiger partial charge in [-0.1, -0.05) is 87.8 Å². The maximum Gasteiger partial charge on any atom is 0.226 e. The monoisotopic (exact) mass is 1660 g/mol. The predicted molar refractivity (Wildman–Crippen MR) is 462 cm³/mol. The Morgan fingerprint density at radius 1 is 0.339 bits per heavy atom. The highest BCUT2D eigenvalue weighted by Crippen LogP contribution is 2.32. The van der Waals surface area contributed by atoms with Crippen LogP contribution in [-0.4, -0.2) is 122 Å². The first kappa shape index (κ1) is 91.2. The highest BCUT2D eigenvalue weighted by molar-refractivity contribution is 6.29. The lowest BCUT2D eigenvalue weighted by molar-refractivity contribution is -0.118. The molecule has 0 radical (unpaired) electrons. The third kappa shape index (κ3) is 25.6. The van der Waals surface area contributed by atoms with Gasteiger partial charge in [0.05, 0.1) is 7.11 Å². The molecule has 0 fully saturated rings. The number of anilines is 5. The van der Waals surface area contributed by atoms with Gasteiger partial charge in [0.25, 0.3) is 0 Å². The number of aryl methyl sites for hydroxylation is 5. The van der Waals surface area contributed by atoms with Crippen LogP contribution in [0.5, 0.6) is 5.88 Å². The molecule has 4 aromatic carbocycles. The number of nitrogens with zero attached hydrogens (tertiary/aromatic N) is 12. The SMILES string of the molecule is CCC(=O)N(C)c1ccc(-c2ccc(C(=O)CCc3ccc(C)nc3)nc2)c(F)c1.CCC(=O)N(C)c1ccc(-c2ccc(C(=O)CCc3ccc(Cl)nc3)nc2)c(F)c1.CCC(=O)N(C)c1ccc(-c2ccc(C(=O)CCc3ccc(N)nc3)nc2)c(F)c1.CCC(=O)N(C)c1ccc(-c2ccc(C(=O)CCc3ccc(OC)nc3)nc2)c(F)c1. The second-order valence-corrected chi connectivity index (χ2v) is 28.3. The van der Waals surface area contributed by atoms with Crippen molar-refractivity contribution < 1.29 is 60.7 Å². The molecule has 0 saturated heterocycles. The van der Waals surface area contributed by atoms with Crippen molar-refractivity contribution in [3.8, 4) is 50.4 Å². The second kappa shape index (κ2) is 44.2. The number of nitrogens with two attached hydrogens (primary N) is 1. The molecule has 8 aromatic heterocycles. The number of aromatic nitrogens is 8. The van der Waals surface area contributed by atoms with Gasteiger partial charge in [-0.3, -0.25) is 63.3 Å². The van der Waals surface area contributed by atoms with Gasteiger partial charge in [-0.15, -0.1) is 0 Å². The third-order valence-electron chi connectivity index (χ3n) is 19.7. The molecule has 0 spiro atoms. The number of amides is 4. The van der Waals surface area contributed by atoms with Crippen molar-refractivity contribution in [3.05, 3.63) is 299 Å². The van der Waals surface area contributed by atoms with Gasteiger partial charge < -0.3 is 30.1 Å². The van der Waals surface area contributed by atoms with Crippen LogP contribution < -0.4 is 30.1 Å². The zero-order valence-electron chi connectivity index (χ0n) is 68.8. The molecule has 27 heteroatoms. The quantitative estimate of drug-likeness (QED) is 0.0259. The van der Waals surface area contributed by atoms with Crippen LogP contribution in [0, 0.1) is 30.2 Å². The smallest absolute Gasteiger partial charge is 0.226 e. The Morgan fingerprint density at radius 3 is 0.843 bits per heavy atom. The molecule has 12 rings (SSSR count). The van der Waals surface area contributed by atoms with Crippen LogP contribution in [0.4, 0.5) is 46.1 Å². The number of ketones is 4. The summed E-state index contributed by atoms with van der Waals surface area (Å²) in [6.07, 6.45) is 17.5. The van der Waals surface area contributed by atoms with E-state index in [0.29, 0.717) is 178 Å². The summed E-state index contributed by atoms with van der Waals surface area (Å²) in [5, 5.41) is 0.409. The summed E-state index contributed by atoms with van der Waals surface area (Å²) in [6, 6.07) is 46.2. The van der Waals surface area contributed by atoms with Crippen LogP contribution in [0.3, 0.4) is 0 Å². The number of ether oxygens (including phenoxy) is 1. The molecular weight excluding hydrogens is 1570 g/mol.